The molecule has 0 spiro atoms. The van der Waals surface area contributed by atoms with Crippen LogP contribution in [0, 0.1) is 6.92 Å². The highest BCUT2D eigenvalue weighted by atomic mass is 16.5. The molecule has 4 rings (SSSR count). The molecule has 164 valence electrons. The van der Waals surface area contributed by atoms with Gasteiger partial charge in [-0.3, -0.25) is 14.8 Å². The Morgan fingerprint density at radius 2 is 1.94 bits per heavy atom. The maximum Gasteiger partial charge on any atom is 0.127 e. The Morgan fingerprint density at radius 1 is 1.10 bits per heavy atom. The summed E-state index contributed by atoms with van der Waals surface area (Å²) in [5, 5.41) is 9.64. The van der Waals surface area contributed by atoms with Crippen molar-refractivity contribution in [3.8, 4) is 11.4 Å². The first kappa shape index (κ1) is 21.5. The number of nitrogens with zero attached hydrogens (tertiary/aromatic N) is 5. The van der Waals surface area contributed by atoms with Gasteiger partial charge in [0.15, 0.2) is 0 Å². The van der Waals surface area contributed by atoms with Gasteiger partial charge in [0.1, 0.15) is 11.6 Å². The van der Waals surface area contributed by atoms with Crippen molar-refractivity contribution in [1.29, 1.82) is 0 Å². The summed E-state index contributed by atoms with van der Waals surface area (Å²) in [6.45, 7) is 6.63. The number of imidazole rings is 1. The Morgan fingerprint density at radius 3 is 2.68 bits per heavy atom. The van der Waals surface area contributed by atoms with Crippen LogP contribution >= 0.6 is 0 Å². The van der Waals surface area contributed by atoms with Crippen molar-refractivity contribution in [3.63, 3.8) is 0 Å². The number of rotatable bonds is 8. The van der Waals surface area contributed by atoms with Crippen molar-refractivity contribution in [2.45, 2.75) is 32.5 Å². The Hall–Kier alpha value is -2.74. The molecule has 1 N–H and O–H groups in total. The van der Waals surface area contributed by atoms with E-state index in [2.05, 4.69) is 36.5 Å². The van der Waals surface area contributed by atoms with Crippen molar-refractivity contribution in [2.24, 2.45) is 0 Å². The number of ether oxygens (including phenoxy) is 1. The summed E-state index contributed by atoms with van der Waals surface area (Å²) < 4.78 is 7.40. The minimum atomic E-state index is 0.191. The van der Waals surface area contributed by atoms with E-state index in [1.165, 1.54) is 0 Å². The molecule has 3 aromatic rings. The van der Waals surface area contributed by atoms with Gasteiger partial charge in [0.2, 0.25) is 0 Å². The molecule has 3 heterocycles. The maximum atomic E-state index is 9.64. The fraction of sp³-hybridized carbons (Fsp3) is 0.417. The largest absolute Gasteiger partial charge is 0.497 e. The lowest BCUT2D eigenvalue weighted by Gasteiger charge is -2.41. The molecular formula is C24H31N5O2. The molecule has 0 aliphatic carbocycles. The standard InChI is InChI=1S/C24H31N5O2/c1-19-4-3-5-20(26-19)16-28-14-13-27(17-22(28)10-15-30)18-24-25-11-12-29(24)21-6-8-23(31-2)9-7-21/h3-9,11-12,22,30H,10,13-18H2,1-2H3. The molecule has 1 unspecified atom stereocenters. The molecule has 7 nitrogen and oxygen atoms in total. The molecule has 1 saturated heterocycles. The lowest BCUT2D eigenvalue weighted by molar-refractivity contribution is 0.0477. The lowest BCUT2D eigenvalue weighted by atomic mass is 10.1. The Bertz CT molecular complexity index is 972. The molecule has 1 aliphatic rings. The molecule has 2 aromatic heterocycles. The molecule has 1 aliphatic heterocycles. The first-order chi connectivity index (χ1) is 15.2. The van der Waals surface area contributed by atoms with Gasteiger partial charge in [0.25, 0.3) is 0 Å². The highest BCUT2D eigenvalue weighted by Crippen LogP contribution is 2.20. The van der Waals surface area contributed by atoms with Gasteiger partial charge in [-0.15, -0.1) is 0 Å². The summed E-state index contributed by atoms with van der Waals surface area (Å²) in [5.41, 5.74) is 3.20. The predicted octanol–water partition coefficient (Wildman–Crippen LogP) is 2.65. The minimum absolute atomic E-state index is 0.191. The zero-order chi connectivity index (χ0) is 21.6. The highest BCUT2D eigenvalue weighted by molar-refractivity contribution is 5.38. The first-order valence-corrected chi connectivity index (χ1v) is 10.8. The van der Waals surface area contributed by atoms with Gasteiger partial charge < -0.3 is 14.4 Å². The van der Waals surface area contributed by atoms with E-state index in [0.29, 0.717) is 6.04 Å². The number of benzene rings is 1. The van der Waals surface area contributed by atoms with Gasteiger partial charge in [0.05, 0.1) is 19.3 Å². The molecule has 31 heavy (non-hydrogen) atoms. The van der Waals surface area contributed by atoms with E-state index in [9.17, 15) is 5.11 Å². The van der Waals surface area contributed by atoms with Crippen molar-refractivity contribution >= 4 is 0 Å². The third kappa shape index (κ3) is 5.31. The van der Waals surface area contributed by atoms with Crippen molar-refractivity contribution in [2.75, 3.05) is 33.4 Å². The number of hydrogen-bond acceptors (Lipinski definition) is 6. The van der Waals surface area contributed by atoms with Gasteiger partial charge in [-0.05, 0) is 49.7 Å². The lowest BCUT2D eigenvalue weighted by Crippen LogP contribution is -2.52. The summed E-state index contributed by atoms with van der Waals surface area (Å²) in [7, 11) is 1.68. The SMILES string of the molecule is COc1ccc(-n2ccnc2CN2CCN(Cc3cccc(C)n3)C(CCO)C2)cc1. The van der Waals surface area contributed by atoms with Crippen LogP contribution in [0.1, 0.15) is 23.6 Å². The van der Waals surface area contributed by atoms with Crippen LogP contribution in [0.25, 0.3) is 5.69 Å². The van der Waals surface area contributed by atoms with Crippen molar-refractivity contribution in [3.05, 3.63) is 72.1 Å². The van der Waals surface area contributed by atoms with Crippen LogP contribution in [0.3, 0.4) is 0 Å². The number of pyridine rings is 1. The van der Waals surface area contributed by atoms with E-state index in [1.807, 2.05) is 49.6 Å². The minimum Gasteiger partial charge on any atom is -0.497 e. The summed E-state index contributed by atoms with van der Waals surface area (Å²) in [4.78, 5) is 14.2. The number of piperazine rings is 1. The van der Waals surface area contributed by atoms with E-state index < -0.39 is 0 Å². The fourth-order valence-corrected chi connectivity index (χ4v) is 4.26. The summed E-state index contributed by atoms with van der Waals surface area (Å²) >= 11 is 0. The van der Waals surface area contributed by atoms with Gasteiger partial charge >= 0.3 is 0 Å². The van der Waals surface area contributed by atoms with Crippen LogP contribution in [0.4, 0.5) is 0 Å². The van der Waals surface area contributed by atoms with E-state index >= 15 is 0 Å². The molecule has 1 aromatic carbocycles. The average molecular weight is 422 g/mol. The molecule has 0 radical (unpaired) electrons. The second-order valence-corrected chi connectivity index (χ2v) is 8.05. The van der Waals surface area contributed by atoms with Crippen LogP contribution in [-0.2, 0) is 13.1 Å². The molecular weight excluding hydrogens is 390 g/mol. The monoisotopic (exact) mass is 421 g/mol. The molecule has 1 atom stereocenters. The second-order valence-electron chi connectivity index (χ2n) is 8.05. The number of hydrogen-bond donors (Lipinski definition) is 1. The number of aliphatic hydroxyl groups is 1. The number of aromatic nitrogens is 3. The van der Waals surface area contributed by atoms with Crippen LogP contribution in [0.2, 0.25) is 0 Å². The first-order valence-electron chi connectivity index (χ1n) is 10.8. The van der Waals surface area contributed by atoms with E-state index in [0.717, 1.165) is 67.8 Å². The Labute approximate surface area is 183 Å². The van der Waals surface area contributed by atoms with Crippen molar-refractivity contribution < 1.29 is 9.84 Å². The number of methoxy groups -OCH3 is 1. The van der Waals surface area contributed by atoms with Gasteiger partial charge in [-0.25, -0.2) is 4.98 Å². The Balaban J connectivity index is 1.43. The van der Waals surface area contributed by atoms with Crippen LogP contribution < -0.4 is 4.74 Å². The molecule has 0 saturated carbocycles. The van der Waals surface area contributed by atoms with Gasteiger partial charge in [-0.1, -0.05) is 6.07 Å². The normalized spacial score (nSPS) is 17.7. The summed E-state index contributed by atoms with van der Waals surface area (Å²) in [5.74, 6) is 1.86. The third-order valence-corrected chi connectivity index (χ3v) is 5.90. The molecule has 1 fully saturated rings. The van der Waals surface area contributed by atoms with E-state index in [-0.39, 0.29) is 6.61 Å². The predicted molar refractivity (Wildman–Crippen MR) is 120 cm³/mol. The second kappa shape index (κ2) is 10.0. The highest BCUT2D eigenvalue weighted by Gasteiger charge is 2.27. The average Bonchev–Trinajstić information content (AvgIpc) is 3.24. The van der Waals surface area contributed by atoms with Crippen LogP contribution in [-0.4, -0.2) is 68.8 Å². The fourth-order valence-electron chi connectivity index (χ4n) is 4.26. The number of aryl methyl sites for hydroxylation is 1. The zero-order valence-electron chi connectivity index (χ0n) is 18.3. The molecule has 0 amide bonds. The van der Waals surface area contributed by atoms with Crippen molar-refractivity contribution in [1.82, 2.24) is 24.3 Å². The smallest absolute Gasteiger partial charge is 0.127 e. The molecule has 0 bridgehead atoms. The topological polar surface area (TPSA) is 66.7 Å². The Kier molecular flexibility index (Phi) is 6.96. The van der Waals surface area contributed by atoms with Gasteiger partial charge in [0, 0.05) is 62.6 Å². The van der Waals surface area contributed by atoms with Gasteiger partial charge in [-0.2, -0.15) is 0 Å². The maximum absolute atomic E-state index is 9.64. The van der Waals surface area contributed by atoms with E-state index in [1.54, 1.807) is 7.11 Å². The summed E-state index contributed by atoms with van der Waals surface area (Å²) in [6, 6.07) is 14.5. The number of aliphatic hydroxyl groups excluding tert-OH is 1. The third-order valence-electron chi connectivity index (χ3n) is 5.90. The zero-order valence-corrected chi connectivity index (χ0v) is 18.3. The molecule has 7 heteroatoms. The van der Waals surface area contributed by atoms with Crippen LogP contribution in [0.15, 0.2) is 54.9 Å². The van der Waals surface area contributed by atoms with Crippen LogP contribution in [0.5, 0.6) is 5.75 Å². The quantitative estimate of drug-likeness (QED) is 0.603. The van der Waals surface area contributed by atoms with E-state index in [4.69, 9.17) is 4.74 Å². The summed E-state index contributed by atoms with van der Waals surface area (Å²) in [6.07, 6.45) is 4.61.